The third-order valence-electron chi connectivity index (χ3n) is 4.12. The Bertz CT molecular complexity index is 665. The van der Waals surface area contributed by atoms with Crippen molar-refractivity contribution in [3.05, 3.63) is 53.7 Å². The monoisotopic (exact) mass is 316 g/mol. The number of hydrogen-bond acceptors (Lipinski definition) is 3. The number of hydrogen-bond donors (Lipinski definition) is 2. The van der Waals surface area contributed by atoms with Gasteiger partial charge in [-0.2, -0.15) is 0 Å². The minimum Gasteiger partial charge on any atom is -0.364 e. The van der Waals surface area contributed by atoms with Crippen molar-refractivity contribution in [1.82, 2.24) is 15.8 Å². The second-order valence-corrected chi connectivity index (χ2v) is 5.83. The Labute approximate surface area is 135 Å². The van der Waals surface area contributed by atoms with E-state index in [1.54, 1.807) is 18.2 Å². The number of nitrogens with zero attached hydrogens (tertiary/aromatic N) is 2. The van der Waals surface area contributed by atoms with Crippen LogP contribution in [0.25, 0.3) is 0 Å². The van der Waals surface area contributed by atoms with Crippen molar-refractivity contribution >= 4 is 5.96 Å². The number of benzene rings is 1. The summed E-state index contributed by atoms with van der Waals surface area (Å²) < 4.78 is 18.3. The molecule has 0 aliphatic heterocycles. The number of nitrogens with one attached hydrogen (secondary N) is 2. The van der Waals surface area contributed by atoms with E-state index >= 15 is 0 Å². The van der Waals surface area contributed by atoms with Gasteiger partial charge in [-0.05, 0) is 37.5 Å². The largest absolute Gasteiger partial charge is 0.364 e. The molecule has 0 amide bonds. The van der Waals surface area contributed by atoms with E-state index < -0.39 is 0 Å². The average Bonchev–Trinajstić information content (AvgIpc) is 3.17. The molecule has 1 heterocycles. The van der Waals surface area contributed by atoms with Gasteiger partial charge in [0.2, 0.25) is 0 Å². The van der Waals surface area contributed by atoms with Crippen molar-refractivity contribution in [1.29, 1.82) is 0 Å². The number of rotatable bonds is 6. The summed E-state index contributed by atoms with van der Waals surface area (Å²) in [5.74, 6) is 0.554. The minimum atomic E-state index is -0.180. The molecule has 1 aromatic heterocycles. The fraction of sp³-hybridized carbons (Fsp3) is 0.412. The van der Waals surface area contributed by atoms with Crippen molar-refractivity contribution in [3.8, 4) is 0 Å². The van der Waals surface area contributed by atoms with E-state index in [-0.39, 0.29) is 11.2 Å². The Morgan fingerprint density at radius 1 is 1.35 bits per heavy atom. The maximum absolute atomic E-state index is 13.5. The molecule has 0 spiro atoms. The summed E-state index contributed by atoms with van der Waals surface area (Å²) in [7, 11) is 0. The van der Waals surface area contributed by atoms with Crippen LogP contribution in [0.5, 0.6) is 0 Å². The molecule has 6 heteroatoms. The highest BCUT2D eigenvalue weighted by molar-refractivity contribution is 5.79. The molecule has 1 saturated carbocycles. The number of aliphatic imine (C=N–C) groups is 1. The molecule has 122 valence electrons. The van der Waals surface area contributed by atoms with Crippen molar-refractivity contribution in [2.75, 3.05) is 13.1 Å². The van der Waals surface area contributed by atoms with Gasteiger partial charge in [-0.3, -0.25) is 0 Å². The maximum Gasteiger partial charge on any atom is 0.191 e. The van der Waals surface area contributed by atoms with Crippen LogP contribution in [0.2, 0.25) is 0 Å². The molecule has 1 aliphatic carbocycles. The summed E-state index contributed by atoms with van der Waals surface area (Å²) in [5, 5.41) is 10.4. The van der Waals surface area contributed by atoms with Gasteiger partial charge < -0.3 is 15.2 Å². The standard InChI is InChI=1S/C17H21FN4O/c1-2-19-16(20-11-15-6-9-23-22-15)21-12-17(7-8-17)13-4-3-5-14(18)10-13/h3-6,9-10H,2,7-8,11-12H2,1H3,(H2,19,20,21). The predicted molar refractivity (Wildman–Crippen MR) is 86.6 cm³/mol. The lowest BCUT2D eigenvalue weighted by molar-refractivity contribution is 0.412. The summed E-state index contributed by atoms with van der Waals surface area (Å²) in [6, 6.07) is 8.68. The Morgan fingerprint density at radius 3 is 2.87 bits per heavy atom. The highest BCUT2D eigenvalue weighted by atomic mass is 19.1. The zero-order chi connectivity index (χ0) is 16.1. The van der Waals surface area contributed by atoms with Gasteiger partial charge in [0.15, 0.2) is 5.96 Å². The van der Waals surface area contributed by atoms with Crippen LogP contribution >= 0.6 is 0 Å². The first-order valence-electron chi connectivity index (χ1n) is 7.89. The first kappa shape index (κ1) is 15.5. The number of aromatic nitrogens is 1. The lowest BCUT2D eigenvalue weighted by Gasteiger charge is -2.19. The van der Waals surface area contributed by atoms with Gasteiger partial charge in [0.25, 0.3) is 0 Å². The van der Waals surface area contributed by atoms with Gasteiger partial charge in [0, 0.05) is 24.6 Å². The van der Waals surface area contributed by atoms with Crippen LogP contribution in [0.15, 0.2) is 46.1 Å². The molecular weight excluding hydrogens is 295 g/mol. The second kappa shape index (κ2) is 6.81. The fourth-order valence-electron chi connectivity index (χ4n) is 2.61. The molecule has 0 unspecified atom stereocenters. The zero-order valence-electron chi connectivity index (χ0n) is 13.2. The molecule has 1 aliphatic rings. The van der Waals surface area contributed by atoms with Crippen LogP contribution in [0.4, 0.5) is 4.39 Å². The topological polar surface area (TPSA) is 62.5 Å². The van der Waals surface area contributed by atoms with Crippen molar-refractivity contribution in [3.63, 3.8) is 0 Å². The number of halogens is 1. The third-order valence-corrected chi connectivity index (χ3v) is 4.12. The van der Waals surface area contributed by atoms with E-state index in [1.165, 1.54) is 12.3 Å². The van der Waals surface area contributed by atoms with Crippen molar-refractivity contribution in [2.24, 2.45) is 4.99 Å². The van der Waals surface area contributed by atoms with E-state index in [0.717, 1.165) is 43.1 Å². The Balaban J connectivity index is 1.63. The smallest absolute Gasteiger partial charge is 0.191 e. The van der Waals surface area contributed by atoms with Crippen LogP contribution in [-0.4, -0.2) is 24.2 Å². The molecule has 0 bridgehead atoms. The fourth-order valence-corrected chi connectivity index (χ4v) is 2.61. The van der Waals surface area contributed by atoms with Gasteiger partial charge in [0.1, 0.15) is 17.8 Å². The van der Waals surface area contributed by atoms with E-state index in [4.69, 9.17) is 4.52 Å². The van der Waals surface area contributed by atoms with Gasteiger partial charge in [-0.1, -0.05) is 17.3 Å². The Hall–Kier alpha value is -2.37. The molecule has 2 N–H and O–H groups in total. The van der Waals surface area contributed by atoms with E-state index in [9.17, 15) is 4.39 Å². The molecule has 3 rings (SSSR count). The highest BCUT2D eigenvalue weighted by Crippen LogP contribution is 2.47. The summed E-state index contributed by atoms with van der Waals surface area (Å²) in [6.45, 7) is 3.99. The lowest BCUT2D eigenvalue weighted by atomic mass is 9.96. The van der Waals surface area contributed by atoms with Gasteiger partial charge >= 0.3 is 0 Å². The normalized spacial score (nSPS) is 16.2. The molecular formula is C17H21FN4O. The maximum atomic E-state index is 13.5. The molecule has 2 aromatic rings. The molecule has 0 radical (unpaired) electrons. The van der Waals surface area contributed by atoms with E-state index in [1.807, 2.05) is 13.0 Å². The van der Waals surface area contributed by atoms with Gasteiger partial charge in [0.05, 0.1) is 6.54 Å². The molecule has 1 fully saturated rings. The van der Waals surface area contributed by atoms with Gasteiger partial charge in [-0.25, -0.2) is 9.38 Å². The number of guanidine groups is 1. The summed E-state index contributed by atoms with van der Waals surface area (Å²) in [5.41, 5.74) is 1.86. The molecule has 5 nitrogen and oxygen atoms in total. The third kappa shape index (κ3) is 3.88. The Morgan fingerprint density at radius 2 is 2.22 bits per heavy atom. The first-order valence-corrected chi connectivity index (χ1v) is 7.89. The van der Waals surface area contributed by atoms with E-state index in [2.05, 4.69) is 20.8 Å². The van der Waals surface area contributed by atoms with Crippen LogP contribution in [0.3, 0.4) is 0 Å². The summed E-state index contributed by atoms with van der Waals surface area (Å²) >= 11 is 0. The molecule has 23 heavy (non-hydrogen) atoms. The van der Waals surface area contributed by atoms with Crippen LogP contribution in [-0.2, 0) is 12.0 Å². The van der Waals surface area contributed by atoms with E-state index in [0.29, 0.717) is 6.54 Å². The molecule has 1 aromatic carbocycles. The van der Waals surface area contributed by atoms with Crippen LogP contribution in [0, 0.1) is 5.82 Å². The van der Waals surface area contributed by atoms with Crippen molar-refractivity contribution in [2.45, 2.75) is 31.7 Å². The second-order valence-electron chi connectivity index (χ2n) is 5.83. The summed E-state index contributed by atoms with van der Waals surface area (Å²) in [6.07, 6.45) is 3.66. The van der Waals surface area contributed by atoms with Crippen LogP contribution in [0.1, 0.15) is 31.0 Å². The SMILES string of the molecule is CCNC(=NCc1ccon1)NCC1(c2cccc(F)c2)CC1. The Kier molecular flexibility index (Phi) is 4.60. The van der Waals surface area contributed by atoms with Crippen LogP contribution < -0.4 is 10.6 Å². The first-order chi connectivity index (χ1) is 11.2. The lowest BCUT2D eigenvalue weighted by Crippen LogP contribution is -2.41. The van der Waals surface area contributed by atoms with Gasteiger partial charge in [-0.15, -0.1) is 0 Å². The highest BCUT2D eigenvalue weighted by Gasteiger charge is 2.44. The minimum absolute atomic E-state index is 0.0200. The zero-order valence-corrected chi connectivity index (χ0v) is 13.2. The average molecular weight is 316 g/mol. The molecule has 0 atom stereocenters. The quantitative estimate of drug-likeness (QED) is 0.635. The molecule has 0 saturated heterocycles. The predicted octanol–water partition coefficient (Wildman–Crippen LogP) is 2.60. The van der Waals surface area contributed by atoms with Crippen molar-refractivity contribution < 1.29 is 8.91 Å². The summed E-state index contributed by atoms with van der Waals surface area (Å²) in [4.78, 5) is 4.50.